The summed E-state index contributed by atoms with van der Waals surface area (Å²) in [5, 5.41) is 0. The van der Waals surface area contributed by atoms with Crippen molar-refractivity contribution in [3.63, 3.8) is 0 Å². The Kier molecular flexibility index (Phi) is 35.1. The van der Waals surface area contributed by atoms with Gasteiger partial charge in [-0.2, -0.15) is 0 Å². The summed E-state index contributed by atoms with van der Waals surface area (Å²) in [6.45, 7) is 12.2. The topological polar surface area (TPSA) is 102 Å². The lowest BCUT2D eigenvalue weighted by Gasteiger charge is -2.09. The number of ether oxygens (including phenoxy) is 11. The summed E-state index contributed by atoms with van der Waals surface area (Å²) in [7, 11) is 0. The number of hydrogen-bond acceptors (Lipinski definition) is 11. The van der Waals surface area contributed by atoms with Crippen LogP contribution < -0.4 is 0 Å². The first kappa shape index (κ1) is 42.1. The van der Waals surface area contributed by atoms with Crippen molar-refractivity contribution in [1.82, 2.24) is 0 Å². The Bertz CT molecular complexity index is 675. The van der Waals surface area contributed by atoms with Crippen molar-refractivity contribution in [2.75, 3.05) is 145 Å². The molecule has 0 fully saturated rings. The summed E-state index contributed by atoms with van der Waals surface area (Å²) in [6.07, 6.45) is 4.50. The fraction of sp³-hybridized carbons (Fsp3) is 0.818. The fourth-order valence-corrected chi connectivity index (χ4v) is 3.80. The maximum atomic E-state index is 5.65. The van der Waals surface area contributed by atoms with Gasteiger partial charge in [-0.05, 0) is 18.4 Å². The summed E-state index contributed by atoms with van der Waals surface area (Å²) < 4.78 is 60.5. The van der Waals surface area contributed by atoms with E-state index in [2.05, 4.69) is 0 Å². The van der Waals surface area contributed by atoms with Gasteiger partial charge in [0.15, 0.2) is 0 Å². The molecule has 1 rings (SSSR count). The Labute approximate surface area is 276 Å². The molecular formula is C33H59ClO11. The molecular weight excluding hydrogens is 608 g/mol. The Morgan fingerprint density at radius 1 is 0.311 bits per heavy atom. The van der Waals surface area contributed by atoms with Crippen molar-refractivity contribution in [2.45, 2.75) is 32.3 Å². The van der Waals surface area contributed by atoms with Gasteiger partial charge in [0, 0.05) is 12.5 Å². The average Bonchev–Trinajstić information content (AvgIpc) is 3.06. The highest BCUT2D eigenvalue weighted by atomic mass is 35.5. The molecule has 0 saturated heterocycles. The smallest absolute Gasteiger partial charge is 0.0718 e. The Balaban J connectivity index is 1.61. The Morgan fingerprint density at radius 2 is 0.600 bits per heavy atom. The Hall–Kier alpha value is -0.930. The van der Waals surface area contributed by atoms with Crippen molar-refractivity contribution >= 4 is 11.6 Å². The van der Waals surface area contributed by atoms with Crippen LogP contribution in [-0.2, 0) is 58.7 Å². The summed E-state index contributed by atoms with van der Waals surface area (Å²) in [5.74, 6) is 0.744. The lowest BCUT2D eigenvalue weighted by molar-refractivity contribution is -0.0277. The van der Waals surface area contributed by atoms with Crippen LogP contribution >= 0.6 is 11.6 Å². The third kappa shape index (κ3) is 34.2. The van der Waals surface area contributed by atoms with Gasteiger partial charge >= 0.3 is 0 Å². The molecule has 0 heterocycles. The van der Waals surface area contributed by atoms with Gasteiger partial charge in [-0.25, -0.2) is 0 Å². The SMILES string of the molecule is ClCCCCCCOCCOCCOCCOCCOCCOCCOCCOCCOCCOCCOCc1ccccc1. The molecule has 0 N–H and O–H groups in total. The number of halogens is 1. The van der Waals surface area contributed by atoms with E-state index in [9.17, 15) is 0 Å². The molecule has 0 saturated carbocycles. The molecule has 45 heavy (non-hydrogen) atoms. The first-order valence-electron chi connectivity index (χ1n) is 16.4. The van der Waals surface area contributed by atoms with Crippen molar-refractivity contribution in [1.29, 1.82) is 0 Å². The molecule has 0 aliphatic heterocycles. The molecule has 1 aromatic carbocycles. The lowest BCUT2D eigenvalue weighted by Crippen LogP contribution is -2.15. The molecule has 0 aliphatic carbocycles. The van der Waals surface area contributed by atoms with E-state index in [1.54, 1.807) is 0 Å². The second-order valence-corrected chi connectivity index (χ2v) is 10.1. The van der Waals surface area contributed by atoms with E-state index in [1.807, 2.05) is 30.3 Å². The minimum atomic E-state index is 0.518. The third-order valence-corrected chi connectivity index (χ3v) is 6.27. The van der Waals surface area contributed by atoms with E-state index in [1.165, 1.54) is 12.8 Å². The van der Waals surface area contributed by atoms with Gasteiger partial charge in [0.2, 0.25) is 0 Å². The molecule has 0 aliphatic rings. The number of hydrogen-bond donors (Lipinski definition) is 0. The second kappa shape index (κ2) is 37.5. The van der Waals surface area contributed by atoms with Crippen molar-refractivity contribution in [3.8, 4) is 0 Å². The molecule has 264 valence electrons. The van der Waals surface area contributed by atoms with E-state index in [4.69, 9.17) is 63.7 Å². The molecule has 0 bridgehead atoms. The molecule has 12 heteroatoms. The Morgan fingerprint density at radius 3 is 0.933 bits per heavy atom. The summed E-state index contributed by atoms with van der Waals surface area (Å²) >= 11 is 5.65. The number of benzene rings is 1. The zero-order chi connectivity index (χ0) is 32.0. The first-order chi connectivity index (χ1) is 22.4. The highest BCUT2D eigenvalue weighted by molar-refractivity contribution is 6.17. The van der Waals surface area contributed by atoms with E-state index < -0.39 is 0 Å². The van der Waals surface area contributed by atoms with Gasteiger partial charge in [-0.1, -0.05) is 43.2 Å². The van der Waals surface area contributed by atoms with Crippen LogP contribution in [0.15, 0.2) is 30.3 Å². The third-order valence-electron chi connectivity index (χ3n) is 6.00. The van der Waals surface area contributed by atoms with Gasteiger partial charge in [0.25, 0.3) is 0 Å². The van der Waals surface area contributed by atoms with E-state index >= 15 is 0 Å². The standard InChI is InChI=1S/C33H59ClO11/c34-10-6-1-2-7-11-35-12-13-36-14-15-37-16-17-38-18-19-39-20-21-40-22-23-41-24-25-42-26-27-43-28-29-44-30-31-45-32-33-8-4-3-5-9-33/h3-5,8-9H,1-2,6-7,10-32H2. The molecule has 0 atom stereocenters. The van der Waals surface area contributed by atoms with Gasteiger partial charge < -0.3 is 52.1 Å². The summed E-state index contributed by atoms with van der Waals surface area (Å²) in [6, 6.07) is 10.1. The van der Waals surface area contributed by atoms with Gasteiger partial charge in [0.05, 0.1) is 139 Å². The maximum Gasteiger partial charge on any atom is 0.0718 e. The van der Waals surface area contributed by atoms with Crippen LogP contribution in [0.5, 0.6) is 0 Å². The highest BCUT2D eigenvalue weighted by Crippen LogP contribution is 2.01. The van der Waals surface area contributed by atoms with Crippen LogP contribution in [0.2, 0.25) is 0 Å². The van der Waals surface area contributed by atoms with Gasteiger partial charge in [0.1, 0.15) is 0 Å². The van der Waals surface area contributed by atoms with Crippen molar-refractivity contribution in [3.05, 3.63) is 35.9 Å². The van der Waals surface area contributed by atoms with E-state index in [-0.39, 0.29) is 0 Å². The molecule has 1 aromatic rings. The van der Waals surface area contributed by atoms with Gasteiger partial charge in [-0.15, -0.1) is 11.6 Å². The fourth-order valence-electron chi connectivity index (χ4n) is 3.62. The molecule has 0 radical (unpaired) electrons. The summed E-state index contributed by atoms with van der Waals surface area (Å²) in [5.41, 5.74) is 1.16. The number of rotatable bonds is 38. The molecule has 11 nitrogen and oxygen atoms in total. The average molecular weight is 667 g/mol. The largest absolute Gasteiger partial charge is 0.379 e. The molecule has 0 amide bonds. The molecule has 0 aromatic heterocycles. The minimum Gasteiger partial charge on any atom is -0.379 e. The maximum absolute atomic E-state index is 5.65. The highest BCUT2D eigenvalue weighted by Gasteiger charge is 1.97. The van der Waals surface area contributed by atoms with E-state index in [0.29, 0.717) is 139 Å². The summed E-state index contributed by atoms with van der Waals surface area (Å²) in [4.78, 5) is 0. The van der Waals surface area contributed by atoms with Crippen molar-refractivity contribution < 1.29 is 52.1 Å². The van der Waals surface area contributed by atoms with Crippen LogP contribution in [0.4, 0.5) is 0 Å². The first-order valence-corrected chi connectivity index (χ1v) is 16.9. The normalized spacial score (nSPS) is 11.5. The van der Waals surface area contributed by atoms with Crippen LogP contribution in [0.1, 0.15) is 31.2 Å². The van der Waals surface area contributed by atoms with Crippen LogP contribution in [0, 0.1) is 0 Å². The predicted octanol–water partition coefficient (Wildman–Crippen LogP) is 4.17. The minimum absolute atomic E-state index is 0.518. The number of alkyl halides is 1. The zero-order valence-corrected chi connectivity index (χ0v) is 28.1. The van der Waals surface area contributed by atoms with Crippen LogP contribution in [-0.4, -0.2) is 145 Å². The monoisotopic (exact) mass is 666 g/mol. The number of unbranched alkanes of at least 4 members (excludes halogenated alkanes) is 3. The van der Waals surface area contributed by atoms with Crippen LogP contribution in [0.3, 0.4) is 0 Å². The molecule has 0 unspecified atom stereocenters. The quantitative estimate of drug-likeness (QED) is 0.0751. The van der Waals surface area contributed by atoms with E-state index in [0.717, 1.165) is 30.9 Å². The lowest BCUT2D eigenvalue weighted by atomic mass is 10.2. The predicted molar refractivity (Wildman–Crippen MR) is 173 cm³/mol. The second-order valence-electron chi connectivity index (χ2n) is 9.77. The zero-order valence-electron chi connectivity index (χ0n) is 27.3. The van der Waals surface area contributed by atoms with Gasteiger partial charge in [-0.3, -0.25) is 0 Å². The van der Waals surface area contributed by atoms with Crippen LogP contribution in [0.25, 0.3) is 0 Å². The molecule has 0 spiro atoms. The van der Waals surface area contributed by atoms with Crippen molar-refractivity contribution in [2.24, 2.45) is 0 Å².